The number of anilines is 1. The summed E-state index contributed by atoms with van der Waals surface area (Å²) in [5, 5.41) is 12.3. The number of hydrogen-bond acceptors (Lipinski definition) is 3. The maximum Gasteiger partial charge on any atom is 0.252 e. The zero-order valence-corrected chi connectivity index (χ0v) is 11.3. The monoisotopic (exact) mass is 270 g/mol. The van der Waals surface area contributed by atoms with Crippen LogP contribution in [0.25, 0.3) is 0 Å². The average molecular weight is 270 g/mol. The second-order valence-corrected chi connectivity index (χ2v) is 4.64. The summed E-state index contributed by atoms with van der Waals surface area (Å²) < 4.78 is 0. The molecule has 0 bridgehead atoms. The number of nitrogens with one attached hydrogen (secondary N) is 1. The van der Waals surface area contributed by atoms with Crippen LogP contribution in [0.4, 0.5) is 5.69 Å². The summed E-state index contributed by atoms with van der Waals surface area (Å²) in [6.07, 6.45) is 0. The summed E-state index contributed by atoms with van der Waals surface area (Å²) >= 11 is 0. The van der Waals surface area contributed by atoms with Crippen LogP contribution in [-0.4, -0.2) is 17.6 Å². The Labute approximate surface area is 118 Å². The SMILES string of the molecule is Cc1c(N)cccc1C(=O)N[C@@H](CO)c1ccccc1. The molecule has 0 saturated heterocycles. The Hall–Kier alpha value is -2.33. The minimum absolute atomic E-state index is 0.156. The lowest BCUT2D eigenvalue weighted by Gasteiger charge is -2.17. The van der Waals surface area contributed by atoms with Crippen molar-refractivity contribution in [3.8, 4) is 0 Å². The Bertz CT molecular complexity index is 597. The van der Waals surface area contributed by atoms with Gasteiger partial charge in [-0.15, -0.1) is 0 Å². The van der Waals surface area contributed by atoms with Crippen LogP contribution in [0.15, 0.2) is 48.5 Å². The van der Waals surface area contributed by atoms with Crippen molar-refractivity contribution >= 4 is 11.6 Å². The van der Waals surface area contributed by atoms with Crippen molar-refractivity contribution < 1.29 is 9.90 Å². The van der Waals surface area contributed by atoms with Crippen molar-refractivity contribution in [3.63, 3.8) is 0 Å². The smallest absolute Gasteiger partial charge is 0.252 e. The quantitative estimate of drug-likeness (QED) is 0.744. The minimum Gasteiger partial charge on any atom is -0.398 e. The fourth-order valence-corrected chi connectivity index (χ4v) is 2.06. The van der Waals surface area contributed by atoms with Gasteiger partial charge in [0.15, 0.2) is 0 Å². The normalized spacial score (nSPS) is 11.9. The molecule has 0 aliphatic rings. The number of carbonyl (C=O) groups is 1. The average Bonchev–Trinajstić information content (AvgIpc) is 2.48. The lowest BCUT2D eigenvalue weighted by molar-refractivity contribution is 0.0915. The molecular weight excluding hydrogens is 252 g/mol. The Morgan fingerprint density at radius 1 is 1.20 bits per heavy atom. The molecule has 0 saturated carbocycles. The highest BCUT2D eigenvalue weighted by Gasteiger charge is 2.16. The summed E-state index contributed by atoms with van der Waals surface area (Å²) in [7, 11) is 0. The Morgan fingerprint density at radius 3 is 2.55 bits per heavy atom. The molecule has 0 aromatic heterocycles. The van der Waals surface area contributed by atoms with Crippen molar-refractivity contribution in [3.05, 3.63) is 65.2 Å². The number of nitrogen functional groups attached to an aromatic ring is 1. The first-order valence-electron chi connectivity index (χ1n) is 6.45. The predicted molar refractivity (Wildman–Crippen MR) is 79.3 cm³/mol. The highest BCUT2D eigenvalue weighted by atomic mass is 16.3. The number of benzene rings is 2. The molecule has 0 radical (unpaired) electrons. The van der Waals surface area contributed by atoms with Gasteiger partial charge in [0.25, 0.3) is 5.91 Å². The van der Waals surface area contributed by atoms with E-state index in [2.05, 4.69) is 5.32 Å². The number of amides is 1. The maximum atomic E-state index is 12.3. The molecule has 1 amide bonds. The molecule has 1 atom stereocenters. The van der Waals surface area contributed by atoms with Gasteiger partial charge >= 0.3 is 0 Å². The molecule has 4 heteroatoms. The van der Waals surface area contributed by atoms with E-state index in [4.69, 9.17) is 5.73 Å². The second kappa shape index (κ2) is 6.21. The molecule has 20 heavy (non-hydrogen) atoms. The molecule has 0 fully saturated rings. The van der Waals surface area contributed by atoms with Crippen LogP contribution in [0.1, 0.15) is 27.5 Å². The predicted octanol–water partition coefficient (Wildman–Crippen LogP) is 2.04. The molecule has 4 N–H and O–H groups in total. The van der Waals surface area contributed by atoms with E-state index in [9.17, 15) is 9.90 Å². The molecule has 104 valence electrons. The first-order valence-corrected chi connectivity index (χ1v) is 6.45. The van der Waals surface area contributed by atoms with Crippen molar-refractivity contribution in [1.29, 1.82) is 0 Å². The van der Waals surface area contributed by atoms with Gasteiger partial charge < -0.3 is 16.2 Å². The molecular formula is C16H18N2O2. The van der Waals surface area contributed by atoms with Crippen molar-refractivity contribution in [2.45, 2.75) is 13.0 Å². The van der Waals surface area contributed by atoms with Gasteiger partial charge in [0, 0.05) is 11.3 Å². The van der Waals surface area contributed by atoms with Gasteiger partial charge in [-0.05, 0) is 30.2 Å². The third kappa shape index (κ3) is 2.97. The Kier molecular flexibility index (Phi) is 4.38. The lowest BCUT2D eigenvalue weighted by Crippen LogP contribution is -2.31. The number of aliphatic hydroxyl groups is 1. The van der Waals surface area contributed by atoms with E-state index in [-0.39, 0.29) is 12.5 Å². The van der Waals surface area contributed by atoms with Crippen LogP contribution < -0.4 is 11.1 Å². The molecule has 2 rings (SSSR count). The zero-order valence-electron chi connectivity index (χ0n) is 11.3. The minimum atomic E-state index is -0.426. The van der Waals surface area contributed by atoms with E-state index in [1.54, 1.807) is 25.1 Å². The first-order chi connectivity index (χ1) is 9.63. The van der Waals surface area contributed by atoms with Gasteiger partial charge in [-0.3, -0.25) is 4.79 Å². The molecule has 0 heterocycles. The van der Waals surface area contributed by atoms with Gasteiger partial charge in [0.1, 0.15) is 0 Å². The van der Waals surface area contributed by atoms with Gasteiger partial charge in [-0.25, -0.2) is 0 Å². The maximum absolute atomic E-state index is 12.3. The van der Waals surface area contributed by atoms with E-state index in [0.29, 0.717) is 11.3 Å². The molecule has 0 unspecified atom stereocenters. The summed E-state index contributed by atoms with van der Waals surface area (Å²) in [4.78, 5) is 12.3. The highest BCUT2D eigenvalue weighted by Crippen LogP contribution is 2.17. The number of nitrogens with two attached hydrogens (primary N) is 1. The third-order valence-electron chi connectivity index (χ3n) is 3.31. The van der Waals surface area contributed by atoms with Crippen molar-refractivity contribution in [1.82, 2.24) is 5.32 Å². The van der Waals surface area contributed by atoms with Gasteiger partial charge in [0.05, 0.1) is 12.6 Å². The Balaban J connectivity index is 2.20. The number of rotatable bonds is 4. The van der Waals surface area contributed by atoms with Crippen LogP contribution in [0.5, 0.6) is 0 Å². The lowest BCUT2D eigenvalue weighted by atomic mass is 10.0. The van der Waals surface area contributed by atoms with E-state index >= 15 is 0 Å². The van der Waals surface area contributed by atoms with Crippen LogP contribution in [0.2, 0.25) is 0 Å². The first kappa shape index (κ1) is 14.1. The molecule has 4 nitrogen and oxygen atoms in total. The van der Waals surface area contributed by atoms with Crippen molar-refractivity contribution in [2.75, 3.05) is 12.3 Å². The van der Waals surface area contributed by atoms with Crippen LogP contribution in [-0.2, 0) is 0 Å². The third-order valence-corrected chi connectivity index (χ3v) is 3.31. The Morgan fingerprint density at radius 2 is 1.90 bits per heavy atom. The van der Waals surface area contributed by atoms with E-state index in [1.165, 1.54) is 0 Å². The molecule has 0 aliphatic heterocycles. The summed E-state index contributed by atoms with van der Waals surface area (Å²) in [5.41, 5.74) is 8.52. The van der Waals surface area contributed by atoms with Gasteiger partial charge in [-0.2, -0.15) is 0 Å². The standard InChI is InChI=1S/C16H18N2O2/c1-11-13(8-5-9-14(11)17)16(20)18-15(10-19)12-6-3-2-4-7-12/h2-9,15,19H,10,17H2,1H3,(H,18,20)/t15-/m0/s1. The number of hydrogen-bond donors (Lipinski definition) is 3. The molecule has 2 aromatic carbocycles. The second-order valence-electron chi connectivity index (χ2n) is 4.64. The summed E-state index contributed by atoms with van der Waals surface area (Å²) in [6, 6.07) is 14.2. The number of aliphatic hydroxyl groups excluding tert-OH is 1. The van der Waals surface area contributed by atoms with E-state index < -0.39 is 6.04 Å². The van der Waals surface area contributed by atoms with Crippen LogP contribution >= 0.6 is 0 Å². The van der Waals surface area contributed by atoms with Gasteiger partial charge in [0.2, 0.25) is 0 Å². The summed E-state index contributed by atoms with van der Waals surface area (Å²) in [6.45, 7) is 1.65. The van der Waals surface area contributed by atoms with E-state index in [0.717, 1.165) is 11.1 Å². The van der Waals surface area contributed by atoms with E-state index in [1.807, 2.05) is 30.3 Å². The molecule has 0 aliphatic carbocycles. The largest absolute Gasteiger partial charge is 0.398 e. The fraction of sp³-hybridized carbons (Fsp3) is 0.188. The molecule has 0 spiro atoms. The zero-order chi connectivity index (χ0) is 14.5. The van der Waals surface area contributed by atoms with Crippen LogP contribution in [0, 0.1) is 6.92 Å². The number of carbonyl (C=O) groups excluding carboxylic acids is 1. The fourth-order valence-electron chi connectivity index (χ4n) is 2.06. The highest BCUT2D eigenvalue weighted by molar-refractivity contribution is 5.97. The van der Waals surface area contributed by atoms with Crippen LogP contribution in [0.3, 0.4) is 0 Å². The van der Waals surface area contributed by atoms with Crippen molar-refractivity contribution in [2.24, 2.45) is 0 Å². The summed E-state index contributed by atoms with van der Waals surface area (Å²) in [5.74, 6) is -0.238. The van der Waals surface area contributed by atoms with Gasteiger partial charge in [-0.1, -0.05) is 36.4 Å². The topological polar surface area (TPSA) is 75.4 Å². The molecule has 2 aromatic rings.